The molecule has 56 valence electrons. The van der Waals surface area contributed by atoms with Crippen LogP contribution in [0.15, 0.2) is 0 Å². The number of hydrogen-bond acceptors (Lipinski definition) is 2. The molecule has 1 aliphatic rings. The van der Waals surface area contributed by atoms with Gasteiger partial charge in [-0.1, -0.05) is 6.92 Å². The van der Waals surface area contributed by atoms with E-state index in [0.29, 0.717) is 5.92 Å². The third-order valence-corrected chi connectivity index (χ3v) is 1.74. The molecule has 0 aromatic heterocycles. The first kappa shape index (κ1) is 9.21. The predicted octanol–water partition coefficient (Wildman–Crippen LogP) is 0.398. The number of aliphatic hydroxyl groups is 1. The van der Waals surface area contributed by atoms with Crippen molar-refractivity contribution < 1.29 is 5.11 Å². The second-order valence-corrected chi connectivity index (χ2v) is 2.54. The lowest BCUT2D eigenvalue weighted by molar-refractivity contribution is 0.0882. The SMILES string of the molecule is CC1CNCCC1O.Cl. The minimum absolute atomic E-state index is 0. The molecule has 3 heteroatoms. The Morgan fingerprint density at radius 3 is 2.56 bits per heavy atom. The van der Waals surface area contributed by atoms with Crippen LogP contribution in [0.25, 0.3) is 0 Å². The van der Waals surface area contributed by atoms with E-state index in [4.69, 9.17) is 5.11 Å². The molecule has 0 bridgehead atoms. The molecule has 9 heavy (non-hydrogen) atoms. The van der Waals surface area contributed by atoms with Gasteiger partial charge in [0.05, 0.1) is 6.10 Å². The lowest BCUT2D eigenvalue weighted by Gasteiger charge is -2.24. The average Bonchev–Trinajstić information content (AvgIpc) is 1.77. The minimum Gasteiger partial charge on any atom is -0.393 e. The summed E-state index contributed by atoms with van der Waals surface area (Å²) in [7, 11) is 0. The number of rotatable bonds is 0. The summed E-state index contributed by atoms with van der Waals surface area (Å²) >= 11 is 0. The second-order valence-electron chi connectivity index (χ2n) is 2.54. The van der Waals surface area contributed by atoms with Gasteiger partial charge in [-0.15, -0.1) is 12.4 Å². The van der Waals surface area contributed by atoms with Crippen molar-refractivity contribution in [3.8, 4) is 0 Å². The smallest absolute Gasteiger partial charge is 0.0590 e. The number of aliphatic hydroxyl groups excluding tert-OH is 1. The molecule has 0 aromatic carbocycles. The average molecular weight is 152 g/mol. The van der Waals surface area contributed by atoms with Crippen LogP contribution in [-0.2, 0) is 0 Å². The van der Waals surface area contributed by atoms with Gasteiger partial charge < -0.3 is 10.4 Å². The molecule has 0 radical (unpaired) electrons. The fraction of sp³-hybridized carbons (Fsp3) is 1.00. The van der Waals surface area contributed by atoms with Crippen LogP contribution >= 0.6 is 12.4 Å². The van der Waals surface area contributed by atoms with E-state index >= 15 is 0 Å². The van der Waals surface area contributed by atoms with E-state index < -0.39 is 0 Å². The number of halogens is 1. The summed E-state index contributed by atoms with van der Waals surface area (Å²) in [6.45, 7) is 4.02. The van der Waals surface area contributed by atoms with Gasteiger partial charge >= 0.3 is 0 Å². The highest BCUT2D eigenvalue weighted by Gasteiger charge is 2.16. The van der Waals surface area contributed by atoms with Crippen molar-refractivity contribution >= 4 is 12.4 Å². The molecule has 1 heterocycles. The van der Waals surface area contributed by atoms with Gasteiger partial charge in [-0.2, -0.15) is 0 Å². The lowest BCUT2D eigenvalue weighted by Crippen LogP contribution is -2.38. The highest BCUT2D eigenvalue weighted by Crippen LogP contribution is 2.08. The number of nitrogens with one attached hydrogen (secondary N) is 1. The normalized spacial score (nSPS) is 35.3. The van der Waals surface area contributed by atoms with Crippen LogP contribution in [0.5, 0.6) is 0 Å². The predicted molar refractivity (Wildman–Crippen MR) is 39.9 cm³/mol. The number of piperidine rings is 1. The molecule has 0 aliphatic carbocycles. The van der Waals surface area contributed by atoms with E-state index in [9.17, 15) is 0 Å². The summed E-state index contributed by atoms with van der Waals surface area (Å²) in [6.07, 6.45) is 0.859. The molecule has 1 fully saturated rings. The Balaban J connectivity index is 0.000000640. The number of hydrogen-bond donors (Lipinski definition) is 2. The van der Waals surface area contributed by atoms with Gasteiger partial charge in [0.1, 0.15) is 0 Å². The Labute approximate surface area is 62.1 Å². The quantitative estimate of drug-likeness (QED) is 0.526. The van der Waals surface area contributed by atoms with Crippen LogP contribution in [0, 0.1) is 5.92 Å². The van der Waals surface area contributed by atoms with Gasteiger partial charge in [0.25, 0.3) is 0 Å². The molecule has 2 unspecified atom stereocenters. The fourth-order valence-corrected chi connectivity index (χ4v) is 1.00. The summed E-state index contributed by atoms with van der Waals surface area (Å²) in [5, 5.41) is 12.3. The van der Waals surface area contributed by atoms with Crippen molar-refractivity contribution in [1.29, 1.82) is 0 Å². The summed E-state index contributed by atoms with van der Waals surface area (Å²) in [4.78, 5) is 0. The van der Waals surface area contributed by atoms with E-state index in [1.165, 1.54) is 0 Å². The molecule has 1 saturated heterocycles. The summed E-state index contributed by atoms with van der Waals surface area (Å²) < 4.78 is 0. The monoisotopic (exact) mass is 151 g/mol. The van der Waals surface area contributed by atoms with Gasteiger partial charge in [-0.25, -0.2) is 0 Å². The third kappa shape index (κ3) is 2.52. The Bertz CT molecular complexity index is 69.5. The summed E-state index contributed by atoms with van der Waals surface area (Å²) in [6, 6.07) is 0. The fourth-order valence-electron chi connectivity index (χ4n) is 1.00. The highest BCUT2D eigenvalue weighted by molar-refractivity contribution is 5.85. The molecule has 0 spiro atoms. The van der Waals surface area contributed by atoms with Crippen molar-refractivity contribution in [3.63, 3.8) is 0 Å². The van der Waals surface area contributed by atoms with Gasteiger partial charge in [-0.05, 0) is 18.9 Å². The maximum absolute atomic E-state index is 9.14. The van der Waals surface area contributed by atoms with Crippen molar-refractivity contribution in [3.05, 3.63) is 0 Å². The molecule has 0 saturated carbocycles. The Morgan fingerprint density at radius 1 is 1.56 bits per heavy atom. The Hall–Kier alpha value is 0.210. The van der Waals surface area contributed by atoms with E-state index in [0.717, 1.165) is 19.5 Å². The van der Waals surface area contributed by atoms with Crippen molar-refractivity contribution in [2.75, 3.05) is 13.1 Å². The zero-order valence-electron chi connectivity index (χ0n) is 5.63. The second kappa shape index (κ2) is 4.09. The van der Waals surface area contributed by atoms with Gasteiger partial charge in [0, 0.05) is 6.54 Å². The zero-order valence-corrected chi connectivity index (χ0v) is 6.45. The maximum atomic E-state index is 9.14. The lowest BCUT2D eigenvalue weighted by atomic mass is 9.99. The van der Waals surface area contributed by atoms with Gasteiger partial charge in [0.15, 0.2) is 0 Å². The van der Waals surface area contributed by atoms with Gasteiger partial charge in [0.2, 0.25) is 0 Å². The highest BCUT2D eigenvalue weighted by atomic mass is 35.5. The topological polar surface area (TPSA) is 32.3 Å². The van der Waals surface area contributed by atoms with E-state index in [-0.39, 0.29) is 18.5 Å². The van der Waals surface area contributed by atoms with Crippen LogP contribution in [0.2, 0.25) is 0 Å². The molecule has 2 nitrogen and oxygen atoms in total. The summed E-state index contributed by atoms with van der Waals surface area (Å²) in [5.74, 6) is 0.448. The van der Waals surface area contributed by atoms with Crippen LogP contribution in [0.4, 0.5) is 0 Å². The maximum Gasteiger partial charge on any atom is 0.0590 e. The molecular weight excluding hydrogens is 138 g/mol. The standard InChI is InChI=1S/C6H13NO.ClH/c1-5-4-7-3-2-6(5)8;/h5-8H,2-4H2,1H3;1H. The molecule has 1 rings (SSSR count). The van der Waals surface area contributed by atoms with Crippen LogP contribution < -0.4 is 5.32 Å². The Morgan fingerprint density at radius 2 is 2.22 bits per heavy atom. The largest absolute Gasteiger partial charge is 0.393 e. The van der Waals surface area contributed by atoms with Crippen LogP contribution in [0.1, 0.15) is 13.3 Å². The molecule has 2 N–H and O–H groups in total. The van der Waals surface area contributed by atoms with Crippen molar-refractivity contribution in [1.82, 2.24) is 5.32 Å². The Kier molecular flexibility index (Phi) is 4.19. The van der Waals surface area contributed by atoms with Crippen LogP contribution in [-0.4, -0.2) is 24.3 Å². The summed E-state index contributed by atoms with van der Waals surface area (Å²) in [5.41, 5.74) is 0. The van der Waals surface area contributed by atoms with E-state index in [1.807, 2.05) is 0 Å². The minimum atomic E-state index is -0.0590. The first-order valence-electron chi connectivity index (χ1n) is 3.19. The van der Waals surface area contributed by atoms with Crippen molar-refractivity contribution in [2.45, 2.75) is 19.4 Å². The molecule has 1 aliphatic heterocycles. The molecular formula is C6H14ClNO. The first-order valence-corrected chi connectivity index (χ1v) is 3.19. The van der Waals surface area contributed by atoms with Crippen LogP contribution in [0.3, 0.4) is 0 Å². The molecule has 2 atom stereocenters. The van der Waals surface area contributed by atoms with E-state index in [2.05, 4.69) is 12.2 Å². The van der Waals surface area contributed by atoms with E-state index in [1.54, 1.807) is 0 Å². The molecule has 0 aromatic rings. The van der Waals surface area contributed by atoms with Gasteiger partial charge in [-0.3, -0.25) is 0 Å². The zero-order chi connectivity index (χ0) is 5.98. The first-order chi connectivity index (χ1) is 3.80. The third-order valence-electron chi connectivity index (χ3n) is 1.74. The van der Waals surface area contributed by atoms with Crippen molar-refractivity contribution in [2.24, 2.45) is 5.92 Å². The molecule has 0 amide bonds.